The van der Waals surface area contributed by atoms with Crippen molar-refractivity contribution in [2.24, 2.45) is 0 Å². The predicted molar refractivity (Wildman–Crippen MR) is 105 cm³/mol. The Kier molecular flexibility index (Phi) is 6.13. The third-order valence-electron chi connectivity index (χ3n) is 4.47. The van der Waals surface area contributed by atoms with Gasteiger partial charge in [-0.3, -0.25) is 9.10 Å². The molecular weight excluding hydrogens is 364 g/mol. The summed E-state index contributed by atoms with van der Waals surface area (Å²) in [6.07, 6.45) is 1.94. The first kappa shape index (κ1) is 19.4. The number of ether oxygens (including phenoxy) is 1. The van der Waals surface area contributed by atoms with Crippen LogP contribution in [0, 0.1) is 0 Å². The van der Waals surface area contributed by atoms with Crippen LogP contribution in [-0.2, 0) is 26.0 Å². The van der Waals surface area contributed by atoms with Gasteiger partial charge in [0.2, 0.25) is 5.91 Å². The molecule has 6 nitrogen and oxygen atoms in total. The van der Waals surface area contributed by atoms with Crippen molar-refractivity contribution in [2.75, 3.05) is 29.4 Å². The second-order valence-corrected chi connectivity index (χ2v) is 8.19. The van der Waals surface area contributed by atoms with Crippen LogP contribution in [0.15, 0.2) is 53.4 Å². The molecule has 1 heterocycles. The number of anilines is 2. The Bertz CT molecular complexity index is 894. The normalized spacial score (nSPS) is 13.9. The molecule has 3 rings (SSSR count). The summed E-state index contributed by atoms with van der Waals surface area (Å²) in [4.78, 5) is 12.1. The first-order chi connectivity index (χ1) is 13.0. The van der Waals surface area contributed by atoms with Crippen molar-refractivity contribution in [1.29, 1.82) is 0 Å². The molecule has 0 unspecified atom stereocenters. The van der Waals surface area contributed by atoms with Gasteiger partial charge in [-0.05, 0) is 55.7 Å². The lowest BCUT2D eigenvalue weighted by atomic mass is 10.0. The van der Waals surface area contributed by atoms with Gasteiger partial charge in [0.25, 0.3) is 10.0 Å². The van der Waals surface area contributed by atoms with Gasteiger partial charge in [0.1, 0.15) is 0 Å². The summed E-state index contributed by atoms with van der Waals surface area (Å²) in [5.41, 5.74) is 2.36. The Labute approximate surface area is 160 Å². The molecule has 7 heteroatoms. The monoisotopic (exact) mass is 388 g/mol. The topological polar surface area (TPSA) is 75.7 Å². The number of fused-ring (bicyclic) bond motifs is 1. The van der Waals surface area contributed by atoms with Crippen LogP contribution >= 0.6 is 0 Å². The SMILES string of the molecule is CCOCCC(=O)Nc1ccc(S(=O)(=O)N2CCCc3ccccc32)cc1. The third kappa shape index (κ3) is 4.48. The van der Waals surface area contributed by atoms with E-state index in [9.17, 15) is 13.2 Å². The average molecular weight is 388 g/mol. The van der Waals surface area contributed by atoms with Gasteiger partial charge < -0.3 is 10.1 Å². The van der Waals surface area contributed by atoms with Crippen LogP contribution in [0.1, 0.15) is 25.3 Å². The van der Waals surface area contributed by atoms with E-state index >= 15 is 0 Å². The van der Waals surface area contributed by atoms with Crippen molar-refractivity contribution in [2.45, 2.75) is 31.1 Å². The Balaban J connectivity index is 1.74. The van der Waals surface area contributed by atoms with Gasteiger partial charge in [0, 0.05) is 18.8 Å². The van der Waals surface area contributed by atoms with E-state index < -0.39 is 10.0 Å². The van der Waals surface area contributed by atoms with Gasteiger partial charge >= 0.3 is 0 Å². The number of aryl methyl sites for hydroxylation is 1. The molecule has 1 N–H and O–H groups in total. The van der Waals surface area contributed by atoms with E-state index in [0.717, 1.165) is 24.1 Å². The van der Waals surface area contributed by atoms with Gasteiger partial charge in [0.05, 0.1) is 23.6 Å². The fourth-order valence-corrected chi connectivity index (χ4v) is 4.66. The van der Waals surface area contributed by atoms with Crippen LogP contribution in [0.4, 0.5) is 11.4 Å². The maximum atomic E-state index is 13.1. The van der Waals surface area contributed by atoms with E-state index in [2.05, 4.69) is 5.32 Å². The number of rotatable bonds is 7. The van der Waals surface area contributed by atoms with E-state index in [1.807, 2.05) is 31.2 Å². The summed E-state index contributed by atoms with van der Waals surface area (Å²) >= 11 is 0. The van der Waals surface area contributed by atoms with Gasteiger partial charge in [-0.1, -0.05) is 18.2 Å². The summed E-state index contributed by atoms with van der Waals surface area (Å²) in [6.45, 7) is 3.27. The maximum Gasteiger partial charge on any atom is 0.264 e. The summed E-state index contributed by atoms with van der Waals surface area (Å²) in [6, 6.07) is 13.9. The number of carbonyl (C=O) groups excluding carboxylic acids is 1. The number of benzene rings is 2. The zero-order valence-electron chi connectivity index (χ0n) is 15.3. The van der Waals surface area contributed by atoms with Crippen molar-refractivity contribution in [1.82, 2.24) is 0 Å². The number of amides is 1. The molecule has 0 aliphatic carbocycles. The molecule has 0 aromatic heterocycles. The first-order valence-corrected chi connectivity index (χ1v) is 10.5. The quantitative estimate of drug-likeness (QED) is 0.739. The van der Waals surface area contributed by atoms with Gasteiger partial charge in [-0.25, -0.2) is 8.42 Å². The third-order valence-corrected chi connectivity index (χ3v) is 6.30. The summed E-state index contributed by atoms with van der Waals surface area (Å²) in [5, 5.41) is 2.75. The van der Waals surface area contributed by atoms with Gasteiger partial charge in [-0.15, -0.1) is 0 Å². The van der Waals surface area contributed by atoms with E-state index in [-0.39, 0.29) is 17.2 Å². The smallest absolute Gasteiger partial charge is 0.264 e. The average Bonchev–Trinajstić information content (AvgIpc) is 2.68. The molecule has 27 heavy (non-hydrogen) atoms. The van der Waals surface area contributed by atoms with Crippen LogP contribution < -0.4 is 9.62 Å². The molecule has 0 saturated heterocycles. The number of para-hydroxylation sites is 1. The molecule has 2 aromatic rings. The van der Waals surface area contributed by atoms with Gasteiger partial charge in [-0.2, -0.15) is 0 Å². The van der Waals surface area contributed by atoms with Crippen molar-refractivity contribution in [3.63, 3.8) is 0 Å². The highest BCUT2D eigenvalue weighted by Gasteiger charge is 2.28. The molecular formula is C20H24N2O4S. The molecule has 1 amide bonds. The highest BCUT2D eigenvalue weighted by molar-refractivity contribution is 7.92. The van der Waals surface area contributed by atoms with Crippen LogP contribution in [0.3, 0.4) is 0 Å². The van der Waals surface area contributed by atoms with Crippen molar-refractivity contribution in [3.8, 4) is 0 Å². The second-order valence-electron chi connectivity index (χ2n) is 6.33. The second kappa shape index (κ2) is 8.54. The van der Waals surface area contributed by atoms with Crippen LogP contribution in [0.5, 0.6) is 0 Å². The Hall–Kier alpha value is -2.38. The van der Waals surface area contributed by atoms with E-state index in [4.69, 9.17) is 4.74 Å². The number of carbonyl (C=O) groups is 1. The first-order valence-electron chi connectivity index (χ1n) is 9.10. The molecule has 1 aliphatic rings. The molecule has 144 valence electrons. The van der Waals surface area contributed by atoms with E-state index in [0.29, 0.717) is 25.4 Å². The van der Waals surface area contributed by atoms with Crippen LogP contribution in [-0.4, -0.2) is 34.1 Å². The van der Waals surface area contributed by atoms with Crippen molar-refractivity contribution in [3.05, 3.63) is 54.1 Å². The molecule has 0 bridgehead atoms. The van der Waals surface area contributed by atoms with Crippen molar-refractivity contribution >= 4 is 27.3 Å². The summed E-state index contributed by atoms with van der Waals surface area (Å²) in [7, 11) is -3.64. The number of nitrogens with zero attached hydrogens (tertiary/aromatic N) is 1. The zero-order valence-corrected chi connectivity index (χ0v) is 16.2. The largest absolute Gasteiger partial charge is 0.381 e. The standard InChI is InChI=1S/C20H24N2O4S/c1-2-26-15-13-20(23)21-17-9-11-18(12-10-17)27(24,25)22-14-5-7-16-6-3-4-8-19(16)22/h3-4,6,8-12H,2,5,7,13-15H2,1H3,(H,21,23). The fourth-order valence-electron chi connectivity index (χ4n) is 3.12. The highest BCUT2D eigenvalue weighted by atomic mass is 32.2. The maximum absolute atomic E-state index is 13.1. The Morgan fingerprint density at radius 1 is 1.15 bits per heavy atom. The fraction of sp³-hybridized carbons (Fsp3) is 0.350. The van der Waals surface area contributed by atoms with Crippen LogP contribution in [0.2, 0.25) is 0 Å². The minimum absolute atomic E-state index is 0.163. The Morgan fingerprint density at radius 2 is 1.89 bits per heavy atom. The van der Waals surface area contributed by atoms with E-state index in [1.165, 1.54) is 16.4 Å². The molecule has 0 radical (unpaired) electrons. The van der Waals surface area contributed by atoms with Crippen molar-refractivity contribution < 1.29 is 17.9 Å². The minimum Gasteiger partial charge on any atom is -0.381 e. The minimum atomic E-state index is -3.64. The van der Waals surface area contributed by atoms with E-state index in [1.54, 1.807) is 12.1 Å². The highest BCUT2D eigenvalue weighted by Crippen LogP contribution is 2.32. The molecule has 1 aliphatic heterocycles. The zero-order chi connectivity index (χ0) is 19.3. The summed E-state index contributed by atoms with van der Waals surface area (Å²) in [5.74, 6) is -0.163. The predicted octanol–water partition coefficient (Wildman–Crippen LogP) is 3.19. The summed E-state index contributed by atoms with van der Waals surface area (Å²) < 4.78 is 32.8. The number of nitrogens with one attached hydrogen (secondary N) is 1. The molecule has 0 fully saturated rings. The number of hydrogen-bond donors (Lipinski definition) is 1. The Morgan fingerprint density at radius 3 is 2.63 bits per heavy atom. The van der Waals surface area contributed by atoms with Crippen LogP contribution in [0.25, 0.3) is 0 Å². The number of sulfonamides is 1. The lowest BCUT2D eigenvalue weighted by Crippen LogP contribution is -2.35. The molecule has 2 aromatic carbocycles. The lowest BCUT2D eigenvalue weighted by Gasteiger charge is -2.30. The van der Waals surface area contributed by atoms with Gasteiger partial charge in [0.15, 0.2) is 0 Å². The molecule has 0 atom stereocenters. The molecule has 0 spiro atoms. The lowest BCUT2D eigenvalue weighted by molar-refractivity contribution is -0.117. The number of hydrogen-bond acceptors (Lipinski definition) is 4. The molecule has 0 saturated carbocycles.